The molecule has 0 saturated heterocycles. The molecule has 6 heteroatoms. The van der Waals surface area contributed by atoms with Gasteiger partial charge in [0.15, 0.2) is 0 Å². The Kier molecular flexibility index (Phi) is 3.50. The molecule has 0 aliphatic heterocycles. The number of ether oxygens (including phenoxy) is 1. The molecule has 2 nitrogen and oxygen atoms in total. The first-order valence-corrected chi connectivity index (χ1v) is 4.14. The highest BCUT2D eigenvalue weighted by Crippen LogP contribution is 2.34. The van der Waals surface area contributed by atoms with Crippen molar-refractivity contribution in [2.45, 2.75) is 6.61 Å². The summed E-state index contributed by atoms with van der Waals surface area (Å²) in [5.74, 6) is -0.300. The van der Waals surface area contributed by atoms with E-state index in [0.717, 1.165) is 6.07 Å². The quantitative estimate of drug-likeness (QED) is 0.790. The lowest BCUT2D eigenvalue weighted by Gasteiger charge is -2.07. The van der Waals surface area contributed by atoms with Gasteiger partial charge in [-0.05, 0) is 12.1 Å². The Morgan fingerprint density at radius 2 is 2.00 bits per heavy atom. The van der Waals surface area contributed by atoms with Crippen LogP contribution in [0.2, 0.25) is 10.0 Å². The second kappa shape index (κ2) is 4.45. The molecule has 0 radical (unpaired) electrons. The first-order chi connectivity index (χ1) is 6.54. The number of hydrogen-bond donors (Lipinski definition) is 0. The molecule has 1 aromatic carbocycles. The molecule has 0 saturated carbocycles. The van der Waals surface area contributed by atoms with E-state index in [2.05, 4.69) is 4.74 Å². The summed E-state index contributed by atoms with van der Waals surface area (Å²) in [6.07, 6.45) is 0. The van der Waals surface area contributed by atoms with E-state index in [1.807, 2.05) is 0 Å². The molecule has 0 unspecified atom stereocenters. The van der Waals surface area contributed by atoms with Gasteiger partial charge in [-0.3, -0.25) is 0 Å². The highest BCUT2D eigenvalue weighted by molar-refractivity contribution is 6.43. The van der Waals surface area contributed by atoms with E-state index in [-0.39, 0.29) is 21.4 Å². The van der Waals surface area contributed by atoms with Crippen molar-refractivity contribution in [2.75, 3.05) is 0 Å². The lowest BCUT2D eigenvalue weighted by molar-refractivity contribution is -0.0497. The molecule has 74 valence electrons. The third-order valence-electron chi connectivity index (χ3n) is 1.34. The topological polar surface area (TPSA) is 33.0 Å². The van der Waals surface area contributed by atoms with Crippen LogP contribution in [0.1, 0.15) is 5.56 Å². The van der Waals surface area contributed by atoms with Gasteiger partial charge >= 0.3 is 6.61 Å². The lowest BCUT2D eigenvalue weighted by Crippen LogP contribution is -2.02. The van der Waals surface area contributed by atoms with Crippen molar-refractivity contribution in [2.24, 2.45) is 0 Å². The van der Waals surface area contributed by atoms with E-state index in [1.54, 1.807) is 6.07 Å². The Hall–Kier alpha value is -1.05. The fraction of sp³-hybridized carbons (Fsp3) is 0.125. The predicted molar refractivity (Wildman–Crippen MR) is 47.8 cm³/mol. The molecular weight excluding hydrogens is 235 g/mol. The Bertz CT molecular complexity index is 390. The van der Waals surface area contributed by atoms with Crippen molar-refractivity contribution in [3.63, 3.8) is 0 Å². The molecule has 0 aromatic heterocycles. The van der Waals surface area contributed by atoms with Crippen LogP contribution in [0.15, 0.2) is 12.1 Å². The highest BCUT2D eigenvalue weighted by Gasteiger charge is 2.12. The van der Waals surface area contributed by atoms with Crippen molar-refractivity contribution in [3.05, 3.63) is 27.7 Å². The fourth-order valence-corrected chi connectivity index (χ4v) is 1.17. The SMILES string of the molecule is N#Cc1cc(Cl)c(Cl)c(OC(F)F)c1. The molecule has 0 aliphatic rings. The monoisotopic (exact) mass is 237 g/mol. The molecule has 0 fully saturated rings. The van der Waals surface area contributed by atoms with Gasteiger partial charge in [0.05, 0.1) is 16.7 Å². The van der Waals surface area contributed by atoms with Crippen LogP contribution in [0.25, 0.3) is 0 Å². The molecule has 1 rings (SSSR count). The highest BCUT2D eigenvalue weighted by atomic mass is 35.5. The van der Waals surface area contributed by atoms with Crippen LogP contribution in [0.3, 0.4) is 0 Å². The number of benzene rings is 1. The van der Waals surface area contributed by atoms with Gasteiger partial charge in [0.25, 0.3) is 0 Å². The van der Waals surface area contributed by atoms with Crippen LogP contribution < -0.4 is 4.74 Å². The van der Waals surface area contributed by atoms with Crippen molar-refractivity contribution in [1.82, 2.24) is 0 Å². The first kappa shape index (κ1) is 11.0. The number of alkyl halides is 2. The molecule has 0 amide bonds. The van der Waals surface area contributed by atoms with Crippen molar-refractivity contribution < 1.29 is 13.5 Å². The molecule has 0 N–H and O–H groups in total. The van der Waals surface area contributed by atoms with Gasteiger partial charge in [0, 0.05) is 0 Å². The fourth-order valence-electron chi connectivity index (χ4n) is 0.810. The average Bonchev–Trinajstić information content (AvgIpc) is 2.11. The van der Waals surface area contributed by atoms with E-state index in [4.69, 9.17) is 28.5 Å². The van der Waals surface area contributed by atoms with E-state index in [1.165, 1.54) is 6.07 Å². The smallest absolute Gasteiger partial charge is 0.387 e. The summed E-state index contributed by atoms with van der Waals surface area (Å²) in [5, 5.41) is 8.38. The summed E-state index contributed by atoms with van der Waals surface area (Å²) in [6, 6.07) is 4.10. The predicted octanol–water partition coefficient (Wildman–Crippen LogP) is 3.47. The minimum atomic E-state index is -3.00. The van der Waals surface area contributed by atoms with Crippen molar-refractivity contribution in [3.8, 4) is 11.8 Å². The number of hydrogen-bond acceptors (Lipinski definition) is 2. The van der Waals surface area contributed by atoms with Crippen LogP contribution in [-0.2, 0) is 0 Å². The zero-order valence-electron chi connectivity index (χ0n) is 6.60. The first-order valence-electron chi connectivity index (χ1n) is 3.38. The largest absolute Gasteiger partial charge is 0.433 e. The van der Waals surface area contributed by atoms with Gasteiger partial charge < -0.3 is 4.74 Å². The zero-order chi connectivity index (χ0) is 10.7. The minimum absolute atomic E-state index is 0.00127. The van der Waals surface area contributed by atoms with Gasteiger partial charge in [-0.1, -0.05) is 23.2 Å². The molecule has 1 aromatic rings. The second-order valence-corrected chi connectivity index (χ2v) is 3.05. The van der Waals surface area contributed by atoms with Gasteiger partial charge in [-0.25, -0.2) is 0 Å². The molecule has 0 heterocycles. The lowest BCUT2D eigenvalue weighted by atomic mass is 10.2. The van der Waals surface area contributed by atoms with Gasteiger partial charge in [0.1, 0.15) is 10.8 Å². The van der Waals surface area contributed by atoms with E-state index >= 15 is 0 Å². The molecule has 0 bridgehead atoms. The molecular formula is C8H3Cl2F2NO. The van der Waals surface area contributed by atoms with Crippen LogP contribution in [0, 0.1) is 11.3 Å². The molecule has 0 atom stereocenters. The van der Waals surface area contributed by atoms with Crippen LogP contribution in [0.5, 0.6) is 5.75 Å². The van der Waals surface area contributed by atoms with E-state index in [9.17, 15) is 8.78 Å². The summed E-state index contributed by atoms with van der Waals surface area (Å²) in [7, 11) is 0. The van der Waals surface area contributed by atoms with Gasteiger partial charge in [-0.15, -0.1) is 0 Å². The molecule has 14 heavy (non-hydrogen) atoms. The number of nitrogens with zero attached hydrogens (tertiary/aromatic N) is 1. The van der Waals surface area contributed by atoms with Crippen LogP contribution >= 0.6 is 23.2 Å². The third-order valence-corrected chi connectivity index (χ3v) is 2.12. The Morgan fingerprint density at radius 1 is 1.36 bits per heavy atom. The summed E-state index contributed by atoms with van der Waals surface area (Å²) in [6.45, 7) is -3.00. The van der Waals surface area contributed by atoms with E-state index in [0.29, 0.717) is 0 Å². The summed E-state index contributed by atoms with van der Waals surface area (Å²) < 4.78 is 27.8. The maximum absolute atomic E-state index is 11.9. The van der Waals surface area contributed by atoms with Gasteiger partial charge in [0.2, 0.25) is 0 Å². The minimum Gasteiger partial charge on any atom is -0.433 e. The summed E-state index contributed by atoms with van der Waals surface area (Å²) >= 11 is 11.1. The van der Waals surface area contributed by atoms with E-state index < -0.39 is 6.61 Å². The zero-order valence-corrected chi connectivity index (χ0v) is 8.11. The van der Waals surface area contributed by atoms with Crippen molar-refractivity contribution in [1.29, 1.82) is 5.26 Å². The normalized spacial score (nSPS) is 10.0. The summed E-state index contributed by atoms with van der Waals surface area (Å²) in [5.41, 5.74) is 0.107. The Labute approximate surface area is 88.6 Å². The maximum Gasteiger partial charge on any atom is 0.387 e. The van der Waals surface area contributed by atoms with Crippen LogP contribution in [-0.4, -0.2) is 6.61 Å². The number of nitriles is 1. The van der Waals surface area contributed by atoms with Crippen molar-refractivity contribution >= 4 is 23.2 Å². The number of rotatable bonds is 2. The third kappa shape index (κ3) is 2.47. The second-order valence-electron chi connectivity index (χ2n) is 2.26. The van der Waals surface area contributed by atoms with Gasteiger partial charge in [-0.2, -0.15) is 14.0 Å². The standard InChI is InChI=1S/C8H3Cl2F2NO/c9-5-1-4(3-13)2-6(7(5)10)14-8(11)12/h1-2,8H. The summed E-state index contributed by atoms with van der Waals surface area (Å²) in [4.78, 5) is 0. The Balaban J connectivity index is 3.15. The average molecular weight is 238 g/mol. The van der Waals surface area contributed by atoms with Crippen LogP contribution in [0.4, 0.5) is 8.78 Å². The maximum atomic E-state index is 11.9. The number of halogens is 4. The molecule has 0 aliphatic carbocycles. The Morgan fingerprint density at radius 3 is 2.50 bits per heavy atom. The molecule has 0 spiro atoms.